The summed E-state index contributed by atoms with van der Waals surface area (Å²) < 4.78 is 43.9. The molecule has 2 saturated carbocycles. The monoisotopic (exact) mass is 554 g/mol. The SMILES string of the molecule is COC(=O)c1ccc(C2(NC(=O)c3cc(Cl)cc4c3N(Cc3ccc(C(F)(F)F)cc3)CC43CC3)CC2)cc1. The first-order valence-corrected chi connectivity index (χ1v) is 13.2. The van der Waals surface area contributed by atoms with Gasteiger partial charge in [0.2, 0.25) is 0 Å². The first-order chi connectivity index (χ1) is 18.5. The van der Waals surface area contributed by atoms with Crippen molar-refractivity contribution < 1.29 is 27.5 Å². The maximum Gasteiger partial charge on any atom is 0.416 e. The fourth-order valence-corrected chi connectivity index (χ4v) is 5.94. The van der Waals surface area contributed by atoms with Gasteiger partial charge in [-0.05, 0) is 78.8 Å². The quantitative estimate of drug-likeness (QED) is 0.348. The average Bonchev–Trinajstić information content (AvgIpc) is 3.83. The number of rotatable bonds is 6. The largest absolute Gasteiger partial charge is 0.465 e. The molecule has 5 nitrogen and oxygen atoms in total. The normalized spacial score (nSPS) is 18.0. The molecular formula is C30H26ClF3N2O3. The van der Waals surface area contributed by atoms with Gasteiger partial charge in [-0.15, -0.1) is 0 Å². The van der Waals surface area contributed by atoms with Gasteiger partial charge in [0.25, 0.3) is 5.91 Å². The number of nitrogens with one attached hydrogen (secondary N) is 1. The van der Waals surface area contributed by atoms with Crippen LogP contribution in [-0.2, 0) is 28.4 Å². The maximum atomic E-state index is 13.8. The molecular weight excluding hydrogens is 529 g/mol. The van der Waals surface area contributed by atoms with Gasteiger partial charge in [-0.1, -0.05) is 35.9 Å². The van der Waals surface area contributed by atoms with Crippen LogP contribution in [0.25, 0.3) is 0 Å². The summed E-state index contributed by atoms with van der Waals surface area (Å²) in [6, 6.07) is 15.8. The molecule has 1 amide bonds. The van der Waals surface area contributed by atoms with Crippen LogP contribution in [0.15, 0.2) is 60.7 Å². The number of amides is 1. The number of carbonyl (C=O) groups is 2. The molecule has 2 aliphatic carbocycles. The fourth-order valence-electron chi connectivity index (χ4n) is 5.72. The van der Waals surface area contributed by atoms with E-state index < -0.39 is 23.2 Å². The van der Waals surface area contributed by atoms with Gasteiger partial charge in [-0.3, -0.25) is 4.79 Å². The summed E-state index contributed by atoms with van der Waals surface area (Å²) in [6.07, 6.45) is -0.920. The zero-order chi connectivity index (χ0) is 27.6. The standard InChI is InChI=1S/C30H26ClF3N2O3/c1-39-27(38)19-4-8-20(9-5-19)29(12-13-29)35-26(37)23-14-22(31)15-24-25(23)36(17-28(24)10-11-28)16-18-2-6-21(7-3-18)30(32,33)34/h2-9,14-15H,10-13,16-17H2,1H3,(H,35,37). The van der Waals surface area contributed by atoms with Gasteiger partial charge < -0.3 is 15.0 Å². The fraction of sp³-hybridized carbons (Fsp3) is 0.333. The van der Waals surface area contributed by atoms with Crippen molar-refractivity contribution in [1.82, 2.24) is 5.32 Å². The Bertz CT molecular complexity index is 1460. The molecule has 39 heavy (non-hydrogen) atoms. The molecule has 0 atom stereocenters. The van der Waals surface area contributed by atoms with Crippen LogP contribution in [0.1, 0.15) is 68.7 Å². The van der Waals surface area contributed by atoms with Crippen LogP contribution in [0.3, 0.4) is 0 Å². The molecule has 1 spiro atoms. The summed E-state index contributed by atoms with van der Waals surface area (Å²) in [5.74, 6) is -0.675. The van der Waals surface area contributed by atoms with Crippen LogP contribution >= 0.6 is 11.6 Å². The Balaban J connectivity index is 1.29. The first kappa shape index (κ1) is 25.7. The number of fused-ring (bicyclic) bond motifs is 2. The minimum absolute atomic E-state index is 0.0812. The van der Waals surface area contributed by atoms with Crippen LogP contribution in [0.4, 0.5) is 18.9 Å². The van der Waals surface area contributed by atoms with Gasteiger partial charge in [0.05, 0.1) is 35.0 Å². The van der Waals surface area contributed by atoms with Crippen molar-refractivity contribution in [1.29, 1.82) is 0 Å². The number of esters is 1. The lowest BCUT2D eigenvalue weighted by atomic mass is 9.95. The number of alkyl halides is 3. The van der Waals surface area contributed by atoms with E-state index in [1.54, 1.807) is 18.2 Å². The smallest absolute Gasteiger partial charge is 0.416 e. The summed E-state index contributed by atoms with van der Waals surface area (Å²) in [5.41, 5.74) is 3.06. The Morgan fingerprint density at radius 2 is 1.67 bits per heavy atom. The molecule has 0 aromatic heterocycles. The maximum absolute atomic E-state index is 13.8. The van der Waals surface area contributed by atoms with Gasteiger partial charge in [-0.2, -0.15) is 13.2 Å². The minimum atomic E-state index is -4.39. The molecule has 0 radical (unpaired) electrons. The molecule has 3 aromatic rings. The second kappa shape index (κ2) is 9.01. The molecule has 0 unspecified atom stereocenters. The predicted molar refractivity (Wildman–Crippen MR) is 141 cm³/mol. The number of anilines is 1. The van der Waals surface area contributed by atoms with E-state index >= 15 is 0 Å². The number of ether oxygens (including phenoxy) is 1. The van der Waals surface area contributed by atoms with E-state index in [-0.39, 0.29) is 11.3 Å². The van der Waals surface area contributed by atoms with E-state index in [0.717, 1.165) is 60.2 Å². The number of nitrogens with zero attached hydrogens (tertiary/aromatic N) is 1. The van der Waals surface area contributed by atoms with Crippen LogP contribution < -0.4 is 10.2 Å². The molecule has 0 bridgehead atoms. The number of methoxy groups -OCH3 is 1. The molecule has 3 aromatic carbocycles. The van der Waals surface area contributed by atoms with E-state index in [9.17, 15) is 22.8 Å². The topological polar surface area (TPSA) is 58.6 Å². The van der Waals surface area contributed by atoms with Crippen LogP contribution in [0.5, 0.6) is 0 Å². The van der Waals surface area contributed by atoms with Crippen molar-refractivity contribution in [3.05, 3.63) is 99.1 Å². The minimum Gasteiger partial charge on any atom is -0.465 e. The number of hydrogen-bond acceptors (Lipinski definition) is 4. The van der Waals surface area contributed by atoms with Gasteiger partial charge in [0.1, 0.15) is 0 Å². The van der Waals surface area contributed by atoms with Crippen molar-refractivity contribution in [2.75, 3.05) is 18.6 Å². The van der Waals surface area contributed by atoms with E-state index in [0.29, 0.717) is 29.2 Å². The van der Waals surface area contributed by atoms with Crippen LogP contribution in [-0.4, -0.2) is 25.5 Å². The lowest BCUT2D eigenvalue weighted by Crippen LogP contribution is -2.36. The van der Waals surface area contributed by atoms with Gasteiger partial charge in [-0.25, -0.2) is 4.79 Å². The zero-order valence-corrected chi connectivity index (χ0v) is 22.0. The first-order valence-electron chi connectivity index (χ1n) is 12.8. The van der Waals surface area contributed by atoms with E-state index in [1.165, 1.54) is 19.2 Å². The van der Waals surface area contributed by atoms with Crippen molar-refractivity contribution in [3.8, 4) is 0 Å². The Morgan fingerprint density at radius 1 is 1.00 bits per heavy atom. The van der Waals surface area contributed by atoms with E-state index in [4.69, 9.17) is 16.3 Å². The van der Waals surface area contributed by atoms with Crippen molar-refractivity contribution in [2.24, 2.45) is 0 Å². The Labute approximate surface area is 228 Å². The highest BCUT2D eigenvalue weighted by Crippen LogP contribution is 2.58. The highest BCUT2D eigenvalue weighted by atomic mass is 35.5. The molecule has 1 heterocycles. The lowest BCUT2D eigenvalue weighted by Gasteiger charge is -2.24. The molecule has 3 aliphatic rings. The van der Waals surface area contributed by atoms with E-state index in [2.05, 4.69) is 10.2 Å². The number of carbonyl (C=O) groups excluding carboxylic acids is 2. The van der Waals surface area contributed by atoms with Crippen molar-refractivity contribution in [3.63, 3.8) is 0 Å². The molecule has 6 rings (SSSR count). The van der Waals surface area contributed by atoms with Crippen molar-refractivity contribution >= 4 is 29.2 Å². The van der Waals surface area contributed by atoms with Gasteiger partial charge in [0.15, 0.2) is 0 Å². The van der Waals surface area contributed by atoms with Crippen LogP contribution in [0.2, 0.25) is 5.02 Å². The van der Waals surface area contributed by atoms with Gasteiger partial charge >= 0.3 is 12.1 Å². The average molecular weight is 555 g/mol. The molecule has 1 N–H and O–H groups in total. The third-order valence-corrected chi connectivity index (χ3v) is 8.39. The Kier molecular flexibility index (Phi) is 5.95. The molecule has 2 fully saturated rings. The van der Waals surface area contributed by atoms with E-state index in [1.807, 2.05) is 18.2 Å². The van der Waals surface area contributed by atoms with Gasteiger partial charge in [0, 0.05) is 23.5 Å². The summed E-state index contributed by atoms with van der Waals surface area (Å²) in [4.78, 5) is 27.7. The third-order valence-electron chi connectivity index (χ3n) is 8.17. The summed E-state index contributed by atoms with van der Waals surface area (Å²) >= 11 is 6.51. The number of hydrogen-bond donors (Lipinski definition) is 1. The highest BCUT2D eigenvalue weighted by molar-refractivity contribution is 6.31. The number of halogens is 4. The molecule has 202 valence electrons. The second-order valence-electron chi connectivity index (χ2n) is 10.8. The van der Waals surface area contributed by atoms with Crippen molar-refractivity contribution in [2.45, 2.75) is 49.4 Å². The molecule has 0 saturated heterocycles. The Morgan fingerprint density at radius 3 is 2.23 bits per heavy atom. The summed E-state index contributed by atoms with van der Waals surface area (Å²) in [6.45, 7) is 1.07. The Hall–Kier alpha value is -3.52. The summed E-state index contributed by atoms with van der Waals surface area (Å²) in [7, 11) is 1.33. The predicted octanol–water partition coefficient (Wildman–Crippen LogP) is 6.62. The lowest BCUT2D eigenvalue weighted by molar-refractivity contribution is -0.137. The highest BCUT2D eigenvalue weighted by Gasteiger charge is 2.53. The summed E-state index contributed by atoms with van der Waals surface area (Å²) in [5, 5.41) is 3.69. The van der Waals surface area contributed by atoms with Crippen LogP contribution in [0, 0.1) is 0 Å². The molecule has 1 aliphatic heterocycles. The number of benzene rings is 3. The third kappa shape index (κ3) is 4.65. The molecule has 9 heteroatoms. The zero-order valence-electron chi connectivity index (χ0n) is 21.2. The second-order valence-corrected chi connectivity index (χ2v) is 11.2.